The third kappa shape index (κ3) is 5.11. The maximum Gasteiger partial charge on any atom is 0.417 e. The Morgan fingerprint density at radius 2 is 1.96 bits per heavy atom. The molecule has 0 atom stereocenters. The van der Waals surface area contributed by atoms with Crippen LogP contribution in [-0.4, -0.2) is 12.5 Å². The lowest BCUT2D eigenvalue weighted by Crippen LogP contribution is -2.22. The number of anilines is 2. The van der Waals surface area contributed by atoms with Crippen molar-refractivity contribution in [3.05, 3.63) is 57.0 Å². The smallest absolute Gasteiger partial charge is 0.376 e. The van der Waals surface area contributed by atoms with Crippen LogP contribution in [0.3, 0.4) is 0 Å². The zero-order valence-corrected chi connectivity index (χ0v) is 14.8. The lowest BCUT2D eigenvalue weighted by atomic mass is 10.2. The highest BCUT2D eigenvalue weighted by Crippen LogP contribution is 2.36. The molecule has 0 aliphatic heterocycles. The Morgan fingerprint density at radius 3 is 2.60 bits per heavy atom. The first kappa shape index (κ1) is 19.1. The van der Waals surface area contributed by atoms with Crippen LogP contribution in [0.1, 0.15) is 11.1 Å². The van der Waals surface area contributed by atoms with E-state index in [9.17, 15) is 18.0 Å². The van der Waals surface area contributed by atoms with Gasteiger partial charge in [0.2, 0.25) is 5.91 Å². The van der Waals surface area contributed by atoms with E-state index in [0.717, 1.165) is 6.07 Å². The van der Waals surface area contributed by atoms with Crippen molar-refractivity contribution < 1.29 is 18.0 Å². The highest BCUT2D eigenvalue weighted by atomic mass is 79.9. The number of alkyl halides is 3. The van der Waals surface area contributed by atoms with Crippen molar-refractivity contribution in [1.29, 1.82) is 5.26 Å². The number of carbonyl (C=O) groups is 1. The Labute approximate surface area is 154 Å². The molecule has 0 fully saturated rings. The average Bonchev–Trinajstić information content (AvgIpc) is 2.53. The van der Waals surface area contributed by atoms with Crippen LogP contribution in [0.15, 0.2) is 40.9 Å². The van der Waals surface area contributed by atoms with Crippen molar-refractivity contribution in [2.75, 3.05) is 17.2 Å². The summed E-state index contributed by atoms with van der Waals surface area (Å²) < 4.78 is 38.5. The highest BCUT2D eigenvalue weighted by Gasteiger charge is 2.33. The second-order valence-electron chi connectivity index (χ2n) is 4.90. The number of benzene rings is 2. The standard InChI is InChI=1S/C16H10BrClF3N3O/c17-13-4-3-11(6-12(13)16(19,20)21)23-8-15(25)24-14-5-10(18)2-1-9(14)7-22/h1-6,23H,8H2,(H,24,25). The van der Waals surface area contributed by atoms with E-state index in [1.165, 1.54) is 30.3 Å². The van der Waals surface area contributed by atoms with Gasteiger partial charge in [0.05, 0.1) is 23.4 Å². The van der Waals surface area contributed by atoms with Crippen LogP contribution in [0.4, 0.5) is 24.5 Å². The molecule has 2 N–H and O–H groups in total. The van der Waals surface area contributed by atoms with Crippen LogP contribution >= 0.6 is 27.5 Å². The third-order valence-electron chi connectivity index (χ3n) is 3.10. The summed E-state index contributed by atoms with van der Waals surface area (Å²) in [5.74, 6) is -0.532. The van der Waals surface area contributed by atoms with Crippen molar-refractivity contribution in [2.24, 2.45) is 0 Å². The van der Waals surface area contributed by atoms with Gasteiger partial charge in [-0.2, -0.15) is 18.4 Å². The highest BCUT2D eigenvalue weighted by molar-refractivity contribution is 9.10. The van der Waals surface area contributed by atoms with Crippen LogP contribution in [0.2, 0.25) is 5.02 Å². The third-order valence-corrected chi connectivity index (χ3v) is 4.03. The molecule has 0 spiro atoms. The zero-order valence-electron chi connectivity index (χ0n) is 12.4. The van der Waals surface area contributed by atoms with Gasteiger partial charge in [0.1, 0.15) is 6.07 Å². The van der Waals surface area contributed by atoms with Gasteiger partial charge in [-0.05, 0) is 36.4 Å². The Balaban J connectivity index is 2.06. The molecule has 0 bridgehead atoms. The first-order valence-corrected chi connectivity index (χ1v) is 7.98. The van der Waals surface area contributed by atoms with Crippen molar-refractivity contribution in [2.45, 2.75) is 6.18 Å². The molecule has 2 rings (SSSR count). The number of hydrogen-bond acceptors (Lipinski definition) is 3. The second-order valence-corrected chi connectivity index (χ2v) is 6.19. The summed E-state index contributed by atoms with van der Waals surface area (Å²) in [4.78, 5) is 12.0. The molecule has 2 aromatic carbocycles. The van der Waals surface area contributed by atoms with Gasteiger partial charge in [-0.15, -0.1) is 0 Å². The zero-order chi connectivity index (χ0) is 18.6. The van der Waals surface area contributed by atoms with E-state index in [-0.39, 0.29) is 28.0 Å². The molecule has 0 saturated heterocycles. The number of carbonyl (C=O) groups excluding carboxylic acids is 1. The van der Waals surface area contributed by atoms with Crippen LogP contribution in [0.25, 0.3) is 0 Å². The number of nitrogens with zero attached hydrogens (tertiary/aromatic N) is 1. The van der Waals surface area contributed by atoms with Crippen molar-refractivity contribution >= 4 is 44.8 Å². The monoisotopic (exact) mass is 431 g/mol. The van der Waals surface area contributed by atoms with Gasteiger partial charge in [-0.3, -0.25) is 4.79 Å². The van der Waals surface area contributed by atoms with Gasteiger partial charge >= 0.3 is 6.18 Å². The molecule has 25 heavy (non-hydrogen) atoms. The maximum absolute atomic E-state index is 12.9. The molecule has 4 nitrogen and oxygen atoms in total. The first-order chi connectivity index (χ1) is 11.7. The molecule has 0 aliphatic carbocycles. The first-order valence-electron chi connectivity index (χ1n) is 6.81. The van der Waals surface area contributed by atoms with Gasteiger partial charge < -0.3 is 10.6 Å². The van der Waals surface area contributed by atoms with E-state index in [4.69, 9.17) is 16.9 Å². The molecule has 0 radical (unpaired) electrons. The summed E-state index contributed by atoms with van der Waals surface area (Å²) in [5, 5.41) is 14.4. The van der Waals surface area contributed by atoms with Gasteiger partial charge in [-0.25, -0.2) is 0 Å². The lowest BCUT2D eigenvalue weighted by Gasteiger charge is -2.13. The maximum atomic E-state index is 12.9. The molecule has 9 heteroatoms. The summed E-state index contributed by atoms with van der Waals surface area (Å²) in [7, 11) is 0. The molecular formula is C16H10BrClF3N3O. The number of halogens is 5. The van der Waals surface area contributed by atoms with Gasteiger partial charge in [-0.1, -0.05) is 27.5 Å². The predicted molar refractivity (Wildman–Crippen MR) is 92.4 cm³/mol. The predicted octanol–water partition coefficient (Wildman–Crippen LogP) is 5.04. The minimum absolute atomic E-state index is 0.0902. The number of hydrogen-bond donors (Lipinski definition) is 2. The Kier molecular flexibility index (Phi) is 5.93. The molecule has 0 aromatic heterocycles. The molecule has 130 valence electrons. The lowest BCUT2D eigenvalue weighted by molar-refractivity contribution is -0.138. The summed E-state index contributed by atoms with van der Waals surface area (Å²) in [5.41, 5.74) is -0.258. The summed E-state index contributed by atoms with van der Waals surface area (Å²) in [6.45, 7) is -0.281. The van der Waals surface area contributed by atoms with Crippen molar-refractivity contribution in [1.82, 2.24) is 0 Å². The quantitative estimate of drug-likeness (QED) is 0.711. The minimum atomic E-state index is -4.51. The fourth-order valence-electron chi connectivity index (χ4n) is 1.95. The summed E-state index contributed by atoms with van der Waals surface area (Å²) >= 11 is 8.66. The second kappa shape index (κ2) is 7.76. The average molecular weight is 433 g/mol. The fourth-order valence-corrected chi connectivity index (χ4v) is 2.59. The van der Waals surface area contributed by atoms with Gasteiger partial charge in [0.15, 0.2) is 0 Å². The van der Waals surface area contributed by atoms with Crippen molar-refractivity contribution in [3.63, 3.8) is 0 Å². The molecule has 0 aliphatic rings. The number of nitrogens with one attached hydrogen (secondary N) is 2. The Bertz CT molecular complexity index is 849. The van der Waals surface area contributed by atoms with Gasteiger partial charge in [0.25, 0.3) is 0 Å². The summed E-state index contributed by atoms with van der Waals surface area (Å²) in [6, 6.07) is 9.84. The van der Waals surface area contributed by atoms with Crippen LogP contribution in [0.5, 0.6) is 0 Å². The number of nitriles is 1. The van der Waals surface area contributed by atoms with Crippen LogP contribution < -0.4 is 10.6 Å². The normalized spacial score (nSPS) is 10.9. The molecule has 1 amide bonds. The minimum Gasteiger partial charge on any atom is -0.376 e. The van der Waals surface area contributed by atoms with E-state index in [1.54, 1.807) is 0 Å². The van der Waals surface area contributed by atoms with E-state index in [1.807, 2.05) is 6.07 Å². The number of amides is 1. The Morgan fingerprint density at radius 1 is 1.24 bits per heavy atom. The van der Waals surface area contributed by atoms with Gasteiger partial charge in [0, 0.05) is 15.2 Å². The molecule has 0 unspecified atom stereocenters. The van der Waals surface area contributed by atoms with E-state index >= 15 is 0 Å². The molecule has 0 heterocycles. The largest absolute Gasteiger partial charge is 0.417 e. The Hall–Kier alpha value is -2.24. The SMILES string of the molecule is N#Cc1ccc(Cl)cc1NC(=O)CNc1ccc(Br)c(C(F)(F)F)c1. The summed E-state index contributed by atoms with van der Waals surface area (Å²) in [6.07, 6.45) is -4.51. The van der Waals surface area contributed by atoms with E-state index < -0.39 is 17.6 Å². The molecule has 0 saturated carbocycles. The van der Waals surface area contributed by atoms with E-state index in [2.05, 4.69) is 26.6 Å². The number of rotatable bonds is 4. The molecule has 2 aromatic rings. The van der Waals surface area contributed by atoms with Crippen LogP contribution in [0, 0.1) is 11.3 Å². The van der Waals surface area contributed by atoms with Crippen molar-refractivity contribution in [3.8, 4) is 6.07 Å². The molecular weight excluding hydrogens is 423 g/mol. The topological polar surface area (TPSA) is 64.9 Å². The van der Waals surface area contributed by atoms with Crippen LogP contribution in [-0.2, 0) is 11.0 Å². The van der Waals surface area contributed by atoms with E-state index in [0.29, 0.717) is 5.02 Å². The fraction of sp³-hybridized carbons (Fsp3) is 0.125.